The molecule has 5 heteroatoms. The van der Waals surface area contributed by atoms with Crippen molar-refractivity contribution in [2.75, 3.05) is 31.1 Å². The Morgan fingerprint density at radius 1 is 0.973 bits per heavy atom. The van der Waals surface area contributed by atoms with Gasteiger partial charge in [-0.25, -0.2) is 4.79 Å². The van der Waals surface area contributed by atoms with Crippen LogP contribution in [0.3, 0.4) is 0 Å². The Hall–Kier alpha value is -2.30. The van der Waals surface area contributed by atoms with E-state index in [0.717, 1.165) is 18.1 Å². The van der Waals surface area contributed by atoms with Crippen molar-refractivity contribution in [3.8, 4) is 0 Å². The summed E-state index contributed by atoms with van der Waals surface area (Å²) in [5.41, 5.74) is 4.61. The second-order valence-electron chi connectivity index (χ2n) is 11.6. The Balaban J connectivity index is 0.00000156. The third kappa shape index (κ3) is 6.59. The van der Waals surface area contributed by atoms with E-state index in [9.17, 15) is 4.79 Å². The van der Waals surface area contributed by atoms with Crippen molar-refractivity contribution in [1.29, 1.82) is 0 Å². The molecule has 0 N–H and O–H groups in total. The van der Waals surface area contributed by atoms with Crippen LogP contribution in [-0.2, 0) is 4.74 Å². The molecule has 0 saturated carbocycles. The van der Waals surface area contributed by atoms with Crippen LogP contribution in [0, 0.1) is 5.41 Å². The number of piperidine rings is 1. The van der Waals surface area contributed by atoms with E-state index in [-0.39, 0.29) is 5.97 Å². The van der Waals surface area contributed by atoms with Gasteiger partial charge in [-0.2, -0.15) is 0 Å². The fourth-order valence-electron chi connectivity index (χ4n) is 5.93. The molecule has 2 fully saturated rings. The molecule has 1 aliphatic carbocycles. The van der Waals surface area contributed by atoms with Crippen molar-refractivity contribution in [1.82, 2.24) is 4.90 Å². The van der Waals surface area contributed by atoms with Gasteiger partial charge in [0.1, 0.15) is 5.60 Å². The van der Waals surface area contributed by atoms with Gasteiger partial charge in [-0.05, 0) is 106 Å². The van der Waals surface area contributed by atoms with Gasteiger partial charge in [-0.15, -0.1) is 0 Å². The van der Waals surface area contributed by atoms with Crippen LogP contribution >= 0.6 is 11.6 Å². The number of hydrogen-bond acceptors (Lipinski definition) is 4. The lowest BCUT2D eigenvalue weighted by molar-refractivity contribution is -0.0358. The van der Waals surface area contributed by atoms with Gasteiger partial charge in [0.15, 0.2) is 0 Å². The van der Waals surface area contributed by atoms with Crippen LogP contribution < -0.4 is 4.90 Å². The number of ether oxygens (including phenoxy) is 1. The van der Waals surface area contributed by atoms with Crippen molar-refractivity contribution in [2.24, 2.45) is 5.41 Å². The topological polar surface area (TPSA) is 32.8 Å². The molecular formula is C32H43ClN2O2. The molecule has 0 aromatic heterocycles. The summed E-state index contributed by atoms with van der Waals surface area (Å²) in [5, 5.41) is 0.802. The minimum absolute atomic E-state index is 0.258. The zero-order chi connectivity index (χ0) is 26.6. The lowest BCUT2D eigenvalue weighted by atomic mass is 9.70. The molecule has 2 aromatic carbocycles. The molecule has 0 amide bonds. The average molecular weight is 523 g/mol. The first kappa shape index (κ1) is 27.7. The number of allylic oxidation sites excluding steroid dienone is 1. The molecule has 5 rings (SSSR count). The molecule has 37 heavy (non-hydrogen) atoms. The fourth-order valence-corrected chi connectivity index (χ4v) is 6.05. The van der Waals surface area contributed by atoms with Gasteiger partial charge in [0.05, 0.1) is 5.56 Å². The number of rotatable bonds is 4. The predicted octanol–water partition coefficient (Wildman–Crippen LogP) is 7.86. The SMILES string of the molecule is CC.CC(C)(C)OC(=O)c1ccc(N2CCC3(CC2)CN(C2CCCC=C2c2ccc(Cl)cc2)C3)cc1. The normalized spacial score (nSPS) is 21.4. The highest BCUT2D eigenvalue weighted by atomic mass is 35.5. The molecule has 1 unspecified atom stereocenters. The third-order valence-electron chi connectivity index (χ3n) is 7.79. The van der Waals surface area contributed by atoms with Crippen molar-refractivity contribution < 1.29 is 9.53 Å². The van der Waals surface area contributed by atoms with Gasteiger partial charge in [0, 0.05) is 42.9 Å². The van der Waals surface area contributed by atoms with Gasteiger partial charge in [0.25, 0.3) is 0 Å². The van der Waals surface area contributed by atoms with Gasteiger partial charge < -0.3 is 9.64 Å². The molecule has 1 atom stereocenters. The molecule has 2 aliphatic heterocycles. The van der Waals surface area contributed by atoms with Crippen LogP contribution in [0.2, 0.25) is 5.02 Å². The molecule has 1 spiro atoms. The summed E-state index contributed by atoms with van der Waals surface area (Å²) >= 11 is 6.13. The monoisotopic (exact) mass is 522 g/mol. The first-order valence-corrected chi connectivity index (χ1v) is 14.4. The van der Waals surface area contributed by atoms with Gasteiger partial charge in [-0.3, -0.25) is 4.90 Å². The summed E-state index contributed by atoms with van der Waals surface area (Å²) < 4.78 is 5.49. The maximum atomic E-state index is 12.3. The van der Waals surface area contributed by atoms with E-state index in [0.29, 0.717) is 17.0 Å². The van der Waals surface area contributed by atoms with Gasteiger partial charge in [-0.1, -0.05) is 43.7 Å². The number of carbonyl (C=O) groups excluding carboxylic acids is 1. The standard InChI is InChI=1S/C30H37ClN2O2.C2H6/c1-29(2,3)35-28(34)23-10-14-25(15-11-23)32-18-16-30(17-19-32)20-33(21-30)27-7-5-4-6-26(27)22-8-12-24(31)13-9-22;1-2/h6,8-15,27H,4-5,7,16-21H2,1-3H3;1-2H3. The Kier molecular flexibility index (Phi) is 8.70. The van der Waals surface area contributed by atoms with Crippen LogP contribution in [0.5, 0.6) is 0 Å². The highest BCUT2D eigenvalue weighted by Crippen LogP contribution is 2.45. The minimum Gasteiger partial charge on any atom is -0.456 e. The number of halogens is 1. The van der Waals surface area contributed by atoms with E-state index in [1.807, 2.05) is 58.9 Å². The van der Waals surface area contributed by atoms with Crippen LogP contribution in [0.1, 0.15) is 82.6 Å². The van der Waals surface area contributed by atoms with E-state index in [1.165, 1.54) is 62.0 Å². The number of likely N-dealkylation sites (tertiary alicyclic amines) is 1. The molecule has 2 heterocycles. The second-order valence-corrected chi connectivity index (χ2v) is 12.0. The minimum atomic E-state index is -0.476. The van der Waals surface area contributed by atoms with Crippen LogP contribution in [0.25, 0.3) is 5.57 Å². The first-order chi connectivity index (χ1) is 17.7. The second kappa shape index (κ2) is 11.6. The lowest BCUT2D eigenvalue weighted by Gasteiger charge is -2.57. The Morgan fingerprint density at radius 3 is 2.19 bits per heavy atom. The van der Waals surface area contributed by atoms with Crippen molar-refractivity contribution >= 4 is 28.8 Å². The van der Waals surface area contributed by atoms with Crippen molar-refractivity contribution in [3.05, 3.63) is 70.8 Å². The number of esters is 1. The van der Waals surface area contributed by atoms with Gasteiger partial charge >= 0.3 is 5.97 Å². The summed E-state index contributed by atoms with van der Waals surface area (Å²) in [7, 11) is 0. The summed E-state index contributed by atoms with van der Waals surface area (Å²) in [4.78, 5) is 17.5. The number of carbonyl (C=O) groups is 1. The van der Waals surface area contributed by atoms with Crippen LogP contribution in [-0.4, -0.2) is 48.7 Å². The largest absolute Gasteiger partial charge is 0.456 e. The first-order valence-electron chi connectivity index (χ1n) is 14.0. The zero-order valence-electron chi connectivity index (χ0n) is 23.2. The summed E-state index contributed by atoms with van der Waals surface area (Å²) in [5.74, 6) is -0.258. The van der Waals surface area contributed by atoms with Crippen LogP contribution in [0.4, 0.5) is 5.69 Å². The number of benzene rings is 2. The fraction of sp³-hybridized carbons (Fsp3) is 0.531. The van der Waals surface area contributed by atoms with Gasteiger partial charge in [0.2, 0.25) is 0 Å². The quantitative estimate of drug-likeness (QED) is 0.382. The molecule has 200 valence electrons. The molecule has 4 nitrogen and oxygen atoms in total. The van der Waals surface area contributed by atoms with Crippen molar-refractivity contribution in [2.45, 2.75) is 78.4 Å². The molecule has 2 saturated heterocycles. The molecule has 0 radical (unpaired) electrons. The Bertz CT molecular complexity index is 1070. The van der Waals surface area contributed by atoms with E-state index in [2.05, 4.69) is 40.1 Å². The number of nitrogens with zero attached hydrogens (tertiary/aromatic N) is 2. The summed E-state index contributed by atoms with van der Waals surface area (Å²) in [6.45, 7) is 14.2. The summed E-state index contributed by atoms with van der Waals surface area (Å²) in [6, 6.07) is 16.8. The summed E-state index contributed by atoms with van der Waals surface area (Å²) in [6.07, 6.45) is 8.61. The third-order valence-corrected chi connectivity index (χ3v) is 8.04. The molecule has 3 aliphatic rings. The molecular weight excluding hydrogens is 480 g/mol. The smallest absolute Gasteiger partial charge is 0.338 e. The molecule has 2 aromatic rings. The lowest BCUT2D eigenvalue weighted by Crippen LogP contribution is -2.63. The zero-order valence-corrected chi connectivity index (χ0v) is 24.0. The van der Waals surface area contributed by atoms with E-state index < -0.39 is 5.60 Å². The molecule has 0 bridgehead atoms. The van der Waals surface area contributed by atoms with Crippen LogP contribution in [0.15, 0.2) is 54.6 Å². The number of hydrogen-bond donors (Lipinski definition) is 0. The maximum absolute atomic E-state index is 12.3. The number of anilines is 1. The van der Waals surface area contributed by atoms with E-state index >= 15 is 0 Å². The highest BCUT2D eigenvalue weighted by molar-refractivity contribution is 6.30. The Morgan fingerprint density at radius 2 is 1.59 bits per heavy atom. The van der Waals surface area contributed by atoms with Crippen molar-refractivity contribution in [3.63, 3.8) is 0 Å². The predicted molar refractivity (Wildman–Crippen MR) is 155 cm³/mol. The maximum Gasteiger partial charge on any atom is 0.338 e. The highest BCUT2D eigenvalue weighted by Gasteiger charge is 2.47. The Labute approximate surface area is 228 Å². The van der Waals surface area contributed by atoms with E-state index in [1.54, 1.807) is 0 Å². The van der Waals surface area contributed by atoms with E-state index in [4.69, 9.17) is 16.3 Å². The average Bonchev–Trinajstić information content (AvgIpc) is 2.88.